The van der Waals surface area contributed by atoms with Gasteiger partial charge in [-0.2, -0.15) is 5.10 Å². The van der Waals surface area contributed by atoms with Crippen molar-refractivity contribution in [3.8, 4) is 11.3 Å². The zero-order valence-electron chi connectivity index (χ0n) is 14.0. The van der Waals surface area contributed by atoms with Gasteiger partial charge in [-0.25, -0.2) is 4.98 Å². The topological polar surface area (TPSA) is 37.3 Å². The lowest BCUT2D eigenvalue weighted by Crippen LogP contribution is -2.32. The molecule has 4 heteroatoms. The molecule has 2 atom stereocenters. The summed E-state index contributed by atoms with van der Waals surface area (Å²) in [6.07, 6.45) is 3.74. The summed E-state index contributed by atoms with van der Waals surface area (Å²) in [6.45, 7) is 7.20. The Morgan fingerprint density at radius 1 is 1.22 bits per heavy atom. The SMILES string of the molecule is CC1(C)[C@H]2CC[C@@]1(C)C(=NNc1nc(-c3ccccc3)cs1)C2. The number of rotatable bonds is 3. The van der Waals surface area contributed by atoms with Crippen LogP contribution in [0.3, 0.4) is 0 Å². The number of hydrogen-bond donors (Lipinski definition) is 1. The van der Waals surface area contributed by atoms with E-state index in [2.05, 4.69) is 48.7 Å². The van der Waals surface area contributed by atoms with Gasteiger partial charge >= 0.3 is 0 Å². The molecule has 2 aliphatic carbocycles. The molecule has 1 heterocycles. The Balaban J connectivity index is 1.53. The molecule has 2 fully saturated rings. The van der Waals surface area contributed by atoms with Crippen LogP contribution in [-0.2, 0) is 0 Å². The summed E-state index contributed by atoms with van der Waals surface area (Å²) >= 11 is 1.62. The van der Waals surface area contributed by atoms with Gasteiger partial charge in [-0.15, -0.1) is 11.3 Å². The Labute approximate surface area is 141 Å². The molecular weight excluding hydrogens is 302 g/mol. The number of fused-ring (bicyclic) bond motifs is 2. The molecule has 3 nitrogen and oxygen atoms in total. The van der Waals surface area contributed by atoms with Crippen molar-refractivity contribution in [2.75, 3.05) is 5.43 Å². The van der Waals surface area contributed by atoms with Gasteiger partial charge in [0, 0.05) is 22.1 Å². The first-order chi connectivity index (χ1) is 11.0. The second-order valence-electron chi connectivity index (χ2n) is 7.57. The third kappa shape index (κ3) is 2.23. The number of anilines is 1. The second-order valence-corrected chi connectivity index (χ2v) is 8.43. The van der Waals surface area contributed by atoms with Gasteiger partial charge in [0.15, 0.2) is 0 Å². The molecule has 2 bridgehead atoms. The Bertz CT molecular complexity index is 747. The molecule has 23 heavy (non-hydrogen) atoms. The van der Waals surface area contributed by atoms with Gasteiger partial charge in [0.1, 0.15) is 0 Å². The molecule has 4 rings (SSSR count). The Kier molecular flexibility index (Phi) is 3.34. The first-order valence-electron chi connectivity index (χ1n) is 8.35. The third-order valence-corrected chi connectivity index (χ3v) is 7.12. The summed E-state index contributed by atoms with van der Waals surface area (Å²) < 4.78 is 0. The van der Waals surface area contributed by atoms with Crippen LogP contribution >= 0.6 is 11.3 Å². The van der Waals surface area contributed by atoms with Gasteiger partial charge in [0.05, 0.1) is 5.69 Å². The van der Waals surface area contributed by atoms with E-state index < -0.39 is 0 Å². The number of hydrazone groups is 1. The van der Waals surface area contributed by atoms with Crippen LogP contribution in [0, 0.1) is 16.7 Å². The molecule has 2 aliphatic rings. The van der Waals surface area contributed by atoms with E-state index in [0.717, 1.165) is 28.7 Å². The van der Waals surface area contributed by atoms with Crippen molar-refractivity contribution in [2.24, 2.45) is 21.8 Å². The minimum absolute atomic E-state index is 0.240. The van der Waals surface area contributed by atoms with Crippen LogP contribution in [0.15, 0.2) is 40.8 Å². The summed E-state index contributed by atoms with van der Waals surface area (Å²) in [5.41, 5.74) is 7.32. The normalized spacial score (nSPS) is 30.0. The van der Waals surface area contributed by atoms with Gasteiger partial charge in [-0.05, 0) is 30.6 Å². The monoisotopic (exact) mass is 325 g/mol. The van der Waals surface area contributed by atoms with Gasteiger partial charge in [-0.1, -0.05) is 51.1 Å². The maximum absolute atomic E-state index is 4.77. The lowest BCUT2D eigenvalue weighted by Gasteiger charge is -2.34. The fourth-order valence-corrected chi connectivity index (χ4v) is 4.94. The lowest BCUT2D eigenvalue weighted by atomic mass is 9.70. The van der Waals surface area contributed by atoms with E-state index >= 15 is 0 Å². The van der Waals surface area contributed by atoms with Crippen LogP contribution in [-0.4, -0.2) is 10.7 Å². The van der Waals surface area contributed by atoms with E-state index in [4.69, 9.17) is 5.10 Å². The fraction of sp³-hybridized carbons (Fsp3) is 0.474. The highest BCUT2D eigenvalue weighted by Gasteiger charge is 2.59. The number of aromatic nitrogens is 1. The van der Waals surface area contributed by atoms with Crippen molar-refractivity contribution in [3.63, 3.8) is 0 Å². The third-order valence-electron chi connectivity index (χ3n) is 6.37. The fourth-order valence-electron chi connectivity index (χ4n) is 4.28. The van der Waals surface area contributed by atoms with Crippen LogP contribution < -0.4 is 5.43 Å². The van der Waals surface area contributed by atoms with Crippen molar-refractivity contribution in [1.29, 1.82) is 0 Å². The van der Waals surface area contributed by atoms with E-state index in [1.165, 1.54) is 18.6 Å². The number of thiazole rings is 1. The molecule has 120 valence electrons. The molecule has 0 aliphatic heterocycles. The van der Waals surface area contributed by atoms with Crippen molar-refractivity contribution < 1.29 is 0 Å². The average Bonchev–Trinajstić information content (AvgIpc) is 3.16. The largest absolute Gasteiger partial charge is 0.253 e. The predicted octanol–water partition coefficient (Wildman–Crippen LogP) is 5.42. The predicted molar refractivity (Wildman–Crippen MR) is 97.8 cm³/mol. The molecule has 2 aromatic rings. The standard InChI is InChI=1S/C19H23N3S/c1-18(2)14-9-10-19(18,3)16(11-14)21-22-17-20-15(12-23-17)13-7-5-4-6-8-13/h4-8,12,14H,9-11H2,1-3H3,(H,20,22)/t14-,19-/m0/s1. The van der Waals surface area contributed by atoms with Gasteiger partial charge in [0.2, 0.25) is 5.13 Å². The molecule has 1 N–H and O–H groups in total. The molecule has 0 spiro atoms. The average molecular weight is 325 g/mol. The van der Waals surface area contributed by atoms with E-state index in [1.807, 2.05) is 18.2 Å². The Morgan fingerprint density at radius 2 is 2.00 bits per heavy atom. The summed E-state index contributed by atoms with van der Waals surface area (Å²) in [5, 5.41) is 7.73. The highest BCUT2D eigenvalue weighted by Crippen LogP contribution is 2.63. The Hall–Kier alpha value is -1.68. The maximum Gasteiger partial charge on any atom is 0.203 e. The molecule has 0 unspecified atom stereocenters. The molecule has 1 aromatic carbocycles. The van der Waals surface area contributed by atoms with Crippen molar-refractivity contribution >= 4 is 22.2 Å². The van der Waals surface area contributed by atoms with Gasteiger partial charge in [-0.3, -0.25) is 5.43 Å². The zero-order valence-corrected chi connectivity index (χ0v) is 14.8. The van der Waals surface area contributed by atoms with Gasteiger partial charge in [0.25, 0.3) is 0 Å². The minimum Gasteiger partial charge on any atom is -0.253 e. The van der Waals surface area contributed by atoms with Crippen LogP contribution in [0.2, 0.25) is 0 Å². The zero-order chi connectivity index (χ0) is 16.1. The molecule has 0 radical (unpaired) electrons. The first kappa shape index (κ1) is 14.9. The van der Waals surface area contributed by atoms with Crippen LogP contribution in [0.5, 0.6) is 0 Å². The summed E-state index contributed by atoms with van der Waals surface area (Å²) in [4.78, 5) is 4.66. The quantitative estimate of drug-likeness (QED) is 0.765. The Morgan fingerprint density at radius 3 is 2.65 bits per heavy atom. The number of nitrogens with zero attached hydrogens (tertiary/aromatic N) is 2. The molecule has 2 saturated carbocycles. The van der Waals surface area contributed by atoms with E-state index in [1.54, 1.807) is 11.3 Å². The van der Waals surface area contributed by atoms with Gasteiger partial charge < -0.3 is 0 Å². The number of benzene rings is 1. The maximum atomic E-state index is 4.77. The van der Waals surface area contributed by atoms with E-state index in [0.29, 0.717) is 5.41 Å². The van der Waals surface area contributed by atoms with Crippen molar-refractivity contribution in [3.05, 3.63) is 35.7 Å². The molecule has 0 amide bonds. The second kappa shape index (κ2) is 5.17. The molecule has 0 saturated heterocycles. The molecular formula is C19H23N3S. The smallest absolute Gasteiger partial charge is 0.203 e. The number of nitrogens with one attached hydrogen (secondary N) is 1. The summed E-state index contributed by atoms with van der Waals surface area (Å²) in [6, 6.07) is 10.3. The lowest BCUT2D eigenvalue weighted by molar-refractivity contribution is 0.194. The summed E-state index contributed by atoms with van der Waals surface area (Å²) in [5.74, 6) is 0.782. The summed E-state index contributed by atoms with van der Waals surface area (Å²) in [7, 11) is 0. The molecule has 1 aromatic heterocycles. The van der Waals surface area contributed by atoms with Crippen LogP contribution in [0.4, 0.5) is 5.13 Å². The minimum atomic E-state index is 0.240. The number of hydrogen-bond acceptors (Lipinski definition) is 4. The van der Waals surface area contributed by atoms with Crippen molar-refractivity contribution in [2.45, 2.75) is 40.0 Å². The first-order valence-corrected chi connectivity index (χ1v) is 9.23. The van der Waals surface area contributed by atoms with Crippen molar-refractivity contribution in [1.82, 2.24) is 4.98 Å². The highest BCUT2D eigenvalue weighted by atomic mass is 32.1. The highest BCUT2D eigenvalue weighted by molar-refractivity contribution is 7.14. The van der Waals surface area contributed by atoms with Crippen LogP contribution in [0.1, 0.15) is 40.0 Å². The van der Waals surface area contributed by atoms with E-state index in [-0.39, 0.29) is 5.41 Å². The van der Waals surface area contributed by atoms with E-state index in [9.17, 15) is 0 Å². The van der Waals surface area contributed by atoms with Crippen LogP contribution in [0.25, 0.3) is 11.3 Å².